The van der Waals surface area contributed by atoms with Gasteiger partial charge in [-0.3, -0.25) is 57.5 Å². The number of likely N-dealkylation sites (N-methyl/N-ethyl adjacent to an activating group) is 4. The van der Waals surface area contributed by atoms with Gasteiger partial charge in [-0.15, -0.1) is 0 Å². The SMILES string of the molecule is CC[C@H](C)[C@H]1C(=O)N[C@@H](Cc2ccccc2)C(=O)N(C)[C@@H](Cc2ccccc2)C(=O)N[C@@H]([C@@H](C)O)C(=O)N2CCC[C@H]2C(=O)N[C@@H](CC(C)C)C(=O)N[C@H](C(=O)N2CCCCC2)Cc2cccc(c2)CCCCC(=O)NCC(=O)N(C)[C@@H](C(C)C)C(=O)N(C)[C@@H](CC(C)C)C(=O)N[C@@H](C)C(=O)N1C. The number of benzene rings is 3. The van der Waals surface area contributed by atoms with E-state index in [0.717, 1.165) is 30.4 Å². The maximum atomic E-state index is 15.5. The Hall–Kier alpha value is -8.74. The standard InChI is InChI=1S/C78H116N12O13/c1-15-51(8)68-73(98)83-59(44-55-29-19-16-20-30-55)75(100)85(11)63(46-56-31-21-17-22-32-56)72(97)84-66(53(10)91)77(102)90-40-28-36-61(90)70(95)81-58(41-48(2)3)69(94)82-60(76(101)89-38-25-18-26-39-89)45-57-35-27-34-54(43-57)33-23-24-37-64(92)79-47-65(93)87(13)67(50(6)7)78(103)86(12)62(42-49(4)5)71(96)80-52(9)74(99)88(68)14/h16-17,19-22,27,29-32,34-35,43,48-53,58-63,66-68,91H,15,18,23-26,28,33,36-42,44-47H2,1-14H3,(H,79,92)(H,80,96)(H,81,95)(H,82,94)(H,83,98)(H,84,97)/t51-,52-,53+,58-,59-,60-,61-,62-,63-,66-,67-,68-/m0/s1. The van der Waals surface area contributed by atoms with E-state index in [1.807, 2.05) is 58.9 Å². The van der Waals surface area contributed by atoms with Gasteiger partial charge in [0.05, 0.1) is 12.6 Å². The van der Waals surface area contributed by atoms with Crippen molar-refractivity contribution >= 4 is 70.9 Å². The van der Waals surface area contributed by atoms with Gasteiger partial charge in [0, 0.05) is 73.5 Å². The Labute approximate surface area is 609 Å². The monoisotopic (exact) mass is 1430 g/mol. The van der Waals surface area contributed by atoms with E-state index in [1.165, 1.54) is 66.5 Å². The van der Waals surface area contributed by atoms with Crippen LogP contribution in [0.5, 0.6) is 0 Å². The number of aryl methyl sites for hydroxylation is 1. The van der Waals surface area contributed by atoms with Crippen LogP contribution in [0, 0.1) is 23.7 Å². The lowest BCUT2D eigenvalue weighted by Gasteiger charge is -2.38. The molecule has 0 aromatic heterocycles. The van der Waals surface area contributed by atoms with Gasteiger partial charge in [-0.2, -0.15) is 0 Å². The molecule has 7 N–H and O–H groups in total. The van der Waals surface area contributed by atoms with E-state index in [-0.39, 0.29) is 75.1 Å². The summed E-state index contributed by atoms with van der Waals surface area (Å²) >= 11 is 0. The zero-order valence-electron chi connectivity index (χ0n) is 63.2. The molecule has 25 heteroatoms. The van der Waals surface area contributed by atoms with Crippen LogP contribution in [0.25, 0.3) is 0 Å². The lowest BCUT2D eigenvalue weighted by molar-refractivity contribution is -0.150. The fourth-order valence-corrected chi connectivity index (χ4v) is 14.2. The minimum absolute atomic E-state index is 0.0636. The minimum atomic E-state index is -1.64. The molecule has 3 aliphatic heterocycles. The van der Waals surface area contributed by atoms with Gasteiger partial charge >= 0.3 is 0 Å². The summed E-state index contributed by atoms with van der Waals surface area (Å²) in [6.45, 7) is 18.2. The predicted octanol–water partition coefficient (Wildman–Crippen LogP) is 4.49. The lowest BCUT2D eigenvalue weighted by atomic mass is 9.95. The van der Waals surface area contributed by atoms with Gasteiger partial charge in [-0.1, -0.05) is 147 Å². The van der Waals surface area contributed by atoms with Crippen LogP contribution in [0.4, 0.5) is 0 Å². The molecule has 6 rings (SSSR count). The van der Waals surface area contributed by atoms with Crippen LogP contribution in [0.15, 0.2) is 84.9 Å². The molecule has 103 heavy (non-hydrogen) atoms. The number of hydrogen-bond acceptors (Lipinski definition) is 13. The van der Waals surface area contributed by atoms with E-state index in [2.05, 4.69) is 31.9 Å². The van der Waals surface area contributed by atoms with E-state index >= 15 is 19.2 Å². The van der Waals surface area contributed by atoms with Crippen LogP contribution in [0.2, 0.25) is 0 Å². The molecule has 3 aromatic rings. The molecular formula is C78H116N12O13. The number of rotatable bonds is 13. The Bertz CT molecular complexity index is 3380. The number of nitrogens with one attached hydrogen (secondary N) is 6. The van der Waals surface area contributed by atoms with Gasteiger partial charge in [0.25, 0.3) is 0 Å². The summed E-state index contributed by atoms with van der Waals surface area (Å²) in [6, 6.07) is 13.0. The van der Waals surface area contributed by atoms with Gasteiger partial charge in [-0.05, 0) is 124 Å². The van der Waals surface area contributed by atoms with Crippen molar-refractivity contribution in [3.8, 4) is 0 Å². The Balaban J connectivity index is 1.38. The van der Waals surface area contributed by atoms with Crippen LogP contribution in [-0.4, -0.2) is 226 Å². The molecule has 0 radical (unpaired) electrons. The zero-order chi connectivity index (χ0) is 75.9. The van der Waals surface area contributed by atoms with Crippen molar-refractivity contribution in [3.05, 3.63) is 107 Å². The maximum absolute atomic E-state index is 15.5. The molecule has 12 atom stereocenters. The fraction of sp³-hybridized carbons (Fsp3) is 0.615. The minimum Gasteiger partial charge on any atom is -0.391 e. The highest BCUT2D eigenvalue weighted by atomic mass is 16.3. The Morgan fingerprint density at radius 1 is 0.524 bits per heavy atom. The number of aliphatic hydroxyl groups is 1. The number of aliphatic hydroxyl groups excluding tert-OH is 1. The predicted molar refractivity (Wildman–Crippen MR) is 393 cm³/mol. The molecule has 2 bridgehead atoms. The maximum Gasteiger partial charge on any atom is 0.248 e. The van der Waals surface area contributed by atoms with Crippen molar-refractivity contribution in [2.45, 2.75) is 232 Å². The molecule has 0 aliphatic carbocycles. The number of amides is 12. The van der Waals surface area contributed by atoms with E-state index in [9.17, 15) is 43.5 Å². The number of carbonyl (C=O) groups excluding carboxylic acids is 12. The summed E-state index contributed by atoms with van der Waals surface area (Å²) in [4.78, 5) is 184. The van der Waals surface area contributed by atoms with Crippen molar-refractivity contribution in [1.29, 1.82) is 0 Å². The first-order valence-corrected chi connectivity index (χ1v) is 37.1. The van der Waals surface area contributed by atoms with Crippen LogP contribution >= 0.6 is 0 Å². The number of fused-ring (bicyclic) bond motifs is 3. The highest BCUT2D eigenvalue weighted by molar-refractivity contribution is 6.00. The van der Waals surface area contributed by atoms with E-state index in [1.54, 1.807) is 86.3 Å². The molecule has 3 aliphatic rings. The second-order valence-electron chi connectivity index (χ2n) is 29.8. The fourth-order valence-electron chi connectivity index (χ4n) is 14.2. The number of hydrogen-bond donors (Lipinski definition) is 7. The summed E-state index contributed by atoms with van der Waals surface area (Å²) in [5.74, 6) is -8.54. The van der Waals surface area contributed by atoms with Gasteiger partial charge < -0.3 is 66.4 Å². The van der Waals surface area contributed by atoms with Gasteiger partial charge in [0.2, 0.25) is 70.9 Å². The molecule has 12 amide bonds. The van der Waals surface area contributed by atoms with Crippen molar-refractivity contribution in [3.63, 3.8) is 0 Å². The number of piperidine rings is 1. The molecule has 3 heterocycles. The Kier molecular flexibility index (Phi) is 32.1. The Morgan fingerprint density at radius 3 is 1.71 bits per heavy atom. The van der Waals surface area contributed by atoms with Crippen molar-refractivity contribution < 1.29 is 62.6 Å². The third kappa shape index (κ3) is 23.6. The third-order valence-electron chi connectivity index (χ3n) is 20.2. The topological polar surface area (TPSA) is 317 Å². The molecule has 25 nitrogen and oxygen atoms in total. The van der Waals surface area contributed by atoms with Crippen LogP contribution in [0.1, 0.15) is 162 Å². The number of carbonyl (C=O) groups is 12. The van der Waals surface area contributed by atoms with Crippen molar-refractivity contribution in [2.75, 3.05) is 54.4 Å². The molecule has 2 saturated heterocycles. The number of likely N-dealkylation sites (tertiary alicyclic amines) is 1. The smallest absolute Gasteiger partial charge is 0.248 e. The molecule has 0 saturated carbocycles. The van der Waals surface area contributed by atoms with Gasteiger partial charge in [0.1, 0.15) is 60.4 Å². The molecule has 566 valence electrons. The summed E-state index contributed by atoms with van der Waals surface area (Å²) in [7, 11) is 5.78. The first-order valence-electron chi connectivity index (χ1n) is 37.1. The summed E-state index contributed by atoms with van der Waals surface area (Å²) in [5, 5.41) is 28.7. The van der Waals surface area contributed by atoms with E-state index in [0.29, 0.717) is 56.3 Å². The lowest BCUT2D eigenvalue weighted by Crippen LogP contribution is -2.63. The molecule has 3 aromatic carbocycles. The second kappa shape index (κ2) is 39.8. The Morgan fingerprint density at radius 2 is 1.11 bits per heavy atom. The normalized spacial score (nSPS) is 25.7. The van der Waals surface area contributed by atoms with E-state index in [4.69, 9.17) is 0 Å². The van der Waals surface area contributed by atoms with E-state index < -0.39 is 144 Å². The highest BCUT2D eigenvalue weighted by Gasteiger charge is 2.45. The van der Waals surface area contributed by atoms with Crippen LogP contribution in [0.3, 0.4) is 0 Å². The number of nitrogens with zero attached hydrogens (tertiary/aromatic N) is 6. The quantitative estimate of drug-likeness (QED) is 0.124. The highest BCUT2D eigenvalue weighted by Crippen LogP contribution is 2.25. The van der Waals surface area contributed by atoms with Crippen molar-refractivity contribution in [1.82, 2.24) is 61.3 Å². The van der Waals surface area contributed by atoms with Crippen LogP contribution < -0.4 is 31.9 Å². The van der Waals surface area contributed by atoms with Crippen LogP contribution in [-0.2, 0) is 83.2 Å². The molecule has 0 unspecified atom stereocenters. The molecule has 2 fully saturated rings. The average molecular weight is 1430 g/mol. The van der Waals surface area contributed by atoms with Gasteiger partial charge in [-0.25, -0.2) is 0 Å². The third-order valence-corrected chi connectivity index (χ3v) is 20.2. The first-order chi connectivity index (χ1) is 48.8. The second-order valence-corrected chi connectivity index (χ2v) is 29.8. The van der Waals surface area contributed by atoms with Crippen molar-refractivity contribution in [2.24, 2.45) is 23.7 Å². The average Bonchev–Trinajstić information content (AvgIpc) is 1.70. The van der Waals surface area contributed by atoms with Gasteiger partial charge in [0.15, 0.2) is 0 Å². The largest absolute Gasteiger partial charge is 0.391 e. The first kappa shape index (κ1) is 83.2. The summed E-state index contributed by atoms with van der Waals surface area (Å²) < 4.78 is 0. The molecular weight excluding hydrogens is 1310 g/mol. The summed E-state index contributed by atoms with van der Waals surface area (Å²) in [5.41, 5.74) is 2.97. The zero-order valence-corrected chi connectivity index (χ0v) is 63.2. The molecule has 0 spiro atoms. The summed E-state index contributed by atoms with van der Waals surface area (Å²) in [6.07, 6.45) is 4.01.